The van der Waals surface area contributed by atoms with Gasteiger partial charge in [-0.3, -0.25) is 19.6 Å². The predicted octanol–water partition coefficient (Wildman–Crippen LogP) is 2.11. The van der Waals surface area contributed by atoms with Crippen LogP contribution in [0.25, 0.3) is 0 Å². The average Bonchev–Trinajstić information content (AvgIpc) is 2.55. The first kappa shape index (κ1) is 18.2. The predicted molar refractivity (Wildman–Crippen MR) is 84.0 cm³/mol. The van der Waals surface area contributed by atoms with E-state index in [-0.39, 0.29) is 11.5 Å². The summed E-state index contributed by atoms with van der Waals surface area (Å²) in [7, 11) is 3.00. The zero-order chi connectivity index (χ0) is 17.4. The molecule has 122 valence electrons. The highest BCUT2D eigenvalue weighted by Gasteiger charge is 2.10. The van der Waals surface area contributed by atoms with Crippen molar-refractivity contribution in [1.82, 2.24) is 15.0 Å². The fraction of sp³-hybridized carbons (Fsp3) is 0.250. The molecule has 0 spiro atoms. The molecule has 2 heterocycles. The highest BCUT2D eigenvalue weighted by atomic mass is 16.7. The van der Waals surface area contributed by atoms with Gasteiger partial charge in [-0.25, -0.2) is 9.86 Å². The smallest absolute Gasteiger partial charge is 0.337 e. The minimum Gasteiger partial charge on any atom is -0.478 e. The van der Waals surface area contributed by atoms with Crippen molar-refractivity contribution in [3.05, 3.63) is 59.2 Å². The van der Waals surface area contributed by atoms with Crippen LogP contribution in [0.1, 0.15) is 32.1 Å². The van der Waals surface area contributed by atoms with Crippen LogP contribution in [0, 0.1) is 13.8 Å². The van der Waals surface area contributed by atoms with Crippen LogP contribution >= 0.6 is 0 Å². The maximum absolute atomic E-state index is 11.4. The third kappa shape index (κ3) is 5.84. The Bertz CT molecular complexity index is 654. The third-order valence-corrected chi connectivity index (χ3v) is 2.88. The first-order chi connectivity index (χ1) is 10.8. The summed E-state index contributed by atoms with van der Waals surface area (Å²) >= 11 is 0. The molecule has 0 unspecified atom stereocenters. The van der Waals surface area contributed by atoms with Crippen molar-refractivity contribution in [2.24, 2.45) is 0 Å². The summed E-state index contributed by atoms with van der Waals surface area (Å²) in [4.78, 5) is 34.3. The second-order valence-electron chi connectivity index (χ2n) is 4.67. The van der Waals surface area contributed by atoms with Gasteiger partial charge in [-0.05, 0) is 38.1 Å². The lowest BCUT2D eigenvalue weighted by Crippen LogP contribution is -2.25. The number of pyridine rings is 2. The highest BCUT2D eigenvalue weighted by molar-refractivity contribution is 5.93. The molecule has 2 rings (SSSR count). The molecule has 7 nitrogen and oxygen atoms in total. The van der Waals surface area contributed by atoms with E-state index in [9.17, 15) is 9.59 Å². The number of carboxylic acids is 1. The Balaban J connectivity index is 0.000000238. The van der Waals surface area contributed by atoms with Gasteiger partial charge < -0.3 is 5.11 Å². The van der Waals surface area contributed by atoms with Gasteiger partial charge in [0.2, 0.25) is 0 Å². The van der Waals surface area contributed by atoms with Gasteiger partial charge in [0.15, 0.2) is 0 Å². The Labute approximate surface area is 134 Å². The minimum atomic E-state index is -0.937. The van der Waals surface area contributed by atoms with Crippen LogP contribution in [0.2, 0.25) is 0 Å². The SMILES string of the molecule is CON(C)C(=O)c1ccc(C)nc1.Cc1ccc(C(=O)O)cn1. The number of hydrogen-bond acceptors (Lipinski definition) is 5. The van der Waals surface area contributed by atoms with Crippen molar-refractivity contribution in [3.63, 3.8) is 0 Å². The fourth-order valence-corrected chi connectivity index (χ4v) is 1.45. The van der Waals surface area contributed by atoms with E-state index >= 15 is 0 Å². The summed E-state index contributed by atoms with van der Waals surface area (Å²) in [5, 5.41) is 9.59. The number of nitrogens with zero attached hydrogens (tertiary/aromatic N) is 3. The second-order valence-corrected chi connectivity index (χ2v) is 4.67. The number of aromatic carboxylic acids is 1. The van der Waals surface area contributed by atoms with E-state index in [0.29, 0.717) is 5.56 Å². The molecule has 0 aliphatic carbocycles. The number of rotatable bonds is 3. The Morgan fingerprint density at radius 2 is 1.48 bits per heavy atom. The van der Waals surface area contributed by atoms with E-state index in [4.69, 9.17) is 9.94 Å². The van der Waals surface area contributed by atoms with E-state index in [1.165, 1.54) is 25.6 Å². The number of hydrogen-bond donors (Lipinski definition) is 1. The van der Waals surface area contributed by atoms with Crippen molar-refractivity contribution < 1.29 is 19.5 Å². The maximum Gasteiger partial charge on any atom is 0.337 e. The number of carbonyl (C=O) groups is 2. The molecular formula is C16H19N3O4. The fourth-order valence-electron chi connectivity index (χ4n) is 1.45. The Hall–Kier alpha value is -2.80. The largest absolute Gasteiger partial charge is 0.478 e. The van der Waals surface area contributed by atoms with E-state index in [1.54, 1.807) is 25.2 Å². The van der Waals surface area contributed by atoms with Crippen LogP contribution in [0.15, 0.2) is 36.7 Å². The molecular weight excluding hydrogens is 298 g/mol. The summed E-state index contributed by atoms with van der Waals surface area (Å²) < 4.78 is 0. The Kier molecular flexibility index (Phi) is 6.82. The minimum absolute atomic E-state index is 0.199. The molecule has 0 bridgehead atoms. The summed E-state index contributed by atoms with van der Waals surface area (Å²) in [5.41, 5.74) is 2.46. The molecule has 23 heavy (non-hydrogen) atoms. The monoisotopic (exact) mass is 317 g/mol. The first-order valence-electron chi connectivity index (χ1n) is 6.76. The summed E-state index contributed by atoms with van der Waals surface area (Å²) in [6.45, 7) is 3.68. The quantitative estimate of drug-likeness (QED) is 0.872. The zero-order valence-electron chi connectivity index (χ0n) is 13.5. The van der Waals surface area contributed by atoms with Crippen LogP contribution in [-0.4, -0.2) is 46.2 Å². The molecule has 0 radical (unpaired) electrons. The van der Waals surface area contributed by atoms with Crippen molar-refractivity contribution in [3.8, 4) is 0 Å². The molecule has 2 aromatic rings. The number of aromatic nitrogens is 2. The van der Waals surface area contributed by atoms with Gasteiger partial charge in [0, 0.05) is 30.8 Å². The van der Waals surface area contributed by atoms with Gasteiger partial charge >= 0.3 is 5.97 Å². The molecule has 0 saturated heterocycles. The zero-order valence-corrected chi connectivity index (χ0v) is 13.5. The van der Waals surface area contributed by atoms with Crippen LogP contribution in [-0.2, 0) is 4.84 Å². The van der Waals surface area contributed by atoms with Gasteiger partial charge in [0.1, 0.15) is 0 Å². The van der Waals surface area contributed by atoms with Crippen molar-refractivity contribution in [2.75, 3.05) is 14.2 Å². The lowest BCUT2D eigenvalue weighted by atomic mass is 10.2. The molecule has 0 saturated carbocycles. The topological polar surface area (TPSA) is 92.6 Å². The van der Waals surface area contributed by atoms with Crippen LogP contribution in [0.4, 0.5) is 0 Å². The van der Waals surface area contributed by atoms with Gasteiger partial charge in [-0.1, -0.05) is 0 Å². The molecule has 0 fully saturated rings. The van der Waals surface area contributed by atoms with Crippen molar-refractivity contribution in [1.29, 1.82) is 0 Å². The average molecular weight is 317 g/mol. The standard InChI is InChI=1S/C9H12N2O2.C7H7NO2/c1-7-4-5-8(6-10-7)9(12)11(2)13-3;1-5-2-3-6(4-8-5)7(9)10/h4-6H,1-3H3;2-4H,1H3,(H,9,10). The molecule has 1 amide bonds. The van der Waals surface area contributed by atoms with Gasteiger partial charge in [-0.2, -0.15) is 0 Å². The highest BCUT2D eigenvalue weighted by Crippen LogP contribution is 2.02. The number of aryl methyl sites for hydroxylation is 2. The molecule has 0 aromatic carbocycles. The van der Waals surface area contributed by atoms with E-state index in [0.717, 1.165) is 16.5 Å². The third-order valence-electron chi connectivity index (χ3n) is 2.88. The summed E-state index contributed by atoms with van der Waals surface area (Å²) in [5.74, 6) is -1.14. The number of carboxylic acid groups (broad SMARTS) is 1. The number of amides is 1. The van der Waals surface area contributed by atoms with Crippen molar-refractivity contribution in [2.45, 2.75) is 13.8 Å². The van der Waals surface area contributed by atoms with E-state index in [1.807, 2.05) is 13.8 Å². The molecule has 0 atom stereocenters. The van der Waals surface area contributed by atoms with Gasteiger partial charge in [0.05, 0.1) is 18.2 Å². The Morgan fingerprint density at radius 1 is 1.00 bits per heavy atom. The number of hydroxylamine groups is 2. The molecule has 1 N–H and O–H groups in total. The Morgan fingerprint density at radius 3 is 1.83 bits per heavy atom. The van der Waals surface area contributed by atoms with Crippen LogP contribution in [0.5, 0.6) is 0 Å². The van der Waals surface area contributed by atoms with Crippen LogP contribution < -0.4 is 0 Å². The molecule has 7 heteroatoms. The van der Waals surface area contributed by atoms with E-state index < -0.39 is 5.97 Å². The van der Waals surface area contributed by atoms with Crippen LogP contribution in [0.3, 0.4) is 0 Å². The number of carbonyl (C=O) groups excluding carboxylic acids is 1. The molecule has 0 aliphatic heterocycles. The van der Waals surface area contributed by atoms with Gasteiger partial charge in [0.25, 0.3) is 5.91 Å². The maximum atomic E-state index is 11.4. The van der Waals surface area contributed by atoms with Gasteiger partial charge in [-0.15, -0.1) is 0 Å². The first-order valence-corrected chi connectivity index (χ1v) is 6.76. The molecule has 0 aliphatic rings. The lowest BCUT2D eigenvalue weighted by molar-refractivity contribution is -0.0757. The molecule has 2 aromatic heterocycles. The van der Waals surface area contributed by atoms with E-state index in [2.05, 4.69) is 9.97 Å². The lowest BCUT2D eigenvalue weighted by Gasteiger charge is -2.12. The van der Waals surface area contributed by atoms with Crippen molar-refractivity contribution >= 4 is 11.9 Å². The normalized spacial score (nSPS) is 9.57. The summed E-state index contributed by atoms with van der Waals surface area (Å²) in [6.07, 6.45) is 2.88. The summed E-state index contributed by atoms with van der Waals surface area (Å²) in [6, 6.07) is 6.71. The second kappa shape index (κ2) is 8.60.